The quantitative estimate of drug-likeness (QED) is 0.554. The predicted octanol–water partition coefficient (Wildman–Crippen LogP) is 2.66. The van der Waals surface area contributed by atoms with Crippen LogP contribution in [0.1, 0.15) is 59.3 Å². The van der Waals surface area contributed by atoms with E-state index in [4.69, 9.17) is 10.7 Å². The Kier molecular flexibility index (Phi) is 2.65. The van der Waals surface area contributed by atoms with Crippen molar-refractivity contribution in [2.24, 2.45) is 28.5 Å². The van der Waals surface area contributed by atoms with Crippen LogP contribution in [-0.4, -0.2) is 17.0 Å². The number of guanidine groups is 1. The number of nitrogens with zero attached hydrogens (tertiary/aromatic N) is 1. The fraction of sp³-hybridized carbons (Fsp3) is 0.933. The summed E-state index contributed by atoms with van der Waals surface area (Å²) >= 11 is 0. The number of rotatable bonds is 1. The van der Waals surface area contributed by atoms with Crippen LogP contribution in [0.2, 0.25) is 0 Å². The predicted molar refractivity (Wildman–Crippen MR) is 75.4 cm³/mol. The van der Waals surface area contributed by atoms with Crippen molar-refractivity contribution < 1.29 is 0 Å². The molecule has 4 aliphatic carbocycles. The maximum atomic E-state index is 6.12. The third-order valence-corrected chi connectivity index (χ3v) is 4.87. The first kappa shape index (κ1) is 12.3. The molecule has 0 aliphatic heterocycles. The number of hydrogen-bond donors (Lipinski definition) is 2. The average molecular weight is 249 g/mol. The standard InChI is InChI=1S/C15H27N3/c1-14(2,3)17-13(16)18-15-7-10-4-11(8-15)6-12(5-10)9-15/h10-12H,4-9H2,1-3H3,(H3,16,17,18). The van der Waals surface area contributed by atoms with Gasteiger partial charge in [-0.05, 0) is 77.0 Å². The molecule has 0 amide bonds. The number of aliphatic imine (C=N–C) groups is 1. The molecule has 0 unspecified atom stereocenters. The van der Waals surface area contributed by atoms with E-state index < -0.39 is 0 Å². The van der Waals surface area contributed by atoms with E-state index in [0.717, 1.165) is 17.8 Å². The zero-order chi connectivity index (χ0) is 13.0. The summed E-state index contributed by atoms with van der Waals surface area (Å²) in [6.45, 7) is 6.40. The third kappa shape index (κ3) is 2.36. The van der Waals surface area contributed by atoms with Crippen LogP contribution in [0.5, 0.6) is 0 Å². The van der Waals surface area contributed by atoms with Crippen molar-refractivity contribution in [3.8, 4) is 0 Å². The highest BCUT2D eigenvalue weighted by molar-refractivity contribution is 5.79. The van der Waals surface area contributed by atoms with Gasteiger partial charge in [-0.1, -0.05) is 0 Å². The first-order valence-electron chi connectivity index (χ1n) is 7.47. The lowest BCUT2D eigenvalue weighted by Crippen LogP contribution is -2.52. The van der Waals surface area contributed by atoms with Crippen molar-refractivity contribution in [3.63, 3.8) is 0 Å². The van der Waals surface area contributed by atoms with Crippen LogP contribution in [-0.2, 0) is 0 Å². The SMILES string of the molecule is CC(C)(C)NC(N)=NC12CC3CC(CC(C3)C1)C2. The molecule has 0 radical (unpaired) electrons. The van der Waals surface area contributed by atoms with E-state index in [2.05, 4.69) is 26.1 Å². The molecule has 0 aromatic carbocycles. The summed E-state index contributed by atoms with van der Waals surface area (Å²) in [5.41, 5.74) is 6.32. The van der Waals surface area contributed by atoms with Gasteiger partial charge >= 0.3 is 0 Å². The second-order valence-electron chi connectivity index (χ2n) is 8.01. The van der Waals surface area contributed by atoms with Crippen molar-refractivity contribution in [1.29, 1.82) is 0 Å². The van der Waals surface area contributed by atoms with Gasteiger partial charge in [0.2, 0.25) is 0 Å². The molecule has 0 spiro atoms. The van der Waals surface area contributed by atoms with Crippen LogP contribution in [0.4, 0.5) is 0 Å². The maximum Gasteiger partial charge on any atom is 0.189 e. The highest BCUT2D eigenvalue weighted by Crippen LogP contribution is 2.57. The zero-order valence-electron chi connectivity index (χ0n) is 12.0. The Morgan fingerprint density at radius 1 is 1.06 bits per heavy atom. The van der Waals surface area contributed by atoms with Gasteiger partial charge in [-0.15, -0.1) is 0 Å². The van der Waals surface area contributed by atoms with Crippen LogP contribution < -0.4 is 11.1 Å². The van der Waals surface area contributed by atoms with Crippen LogP contribution in [0.3, 0.4) is 0 Å². The molecule has 4 bridgehead atoms. The Balaban J connectivity index is 1.77. The fourth-order valence-electron chi connectivity index (χ4n) is 4.87. The molecule has 4 aliphatic rings. The van der Waals surface area contributed by atoms with Crippen molar-refractivity contribution in [3.05, 3.63) is 0 Å². The minimum atomic E-state index is 0.00980. The Morgan fingerprint density at radius 2 is 1.50 bits per heavy atom. The first-order valence-corrected chi connectivity index (χ1v) is 7.47. The Hall–Kier alpha value is -0.730. The van der Waals surface area contributed by atoms with Crippen LogP contribution in [0.25, 0.3) is 0 Å². The smallest absolute Gasteiger partial charge is 0.189 e. The zero-order valence-corrected chi connectivity index (χ0v) is 12.0. The van der Waals surface area contributed by atoms with Crippen LogP contribution >= 0.6 is 0 Å². The molecule has 102 valence electrons. The van der Waals surface area contributed by atoms with Gasteiger partial charge in [-0.3, -0.25) is 0 Å². The van der Waals surface area contributed by atoms with E-state index in [1.165, 1.54) is 38.5 Å². The normalized spacial score (nSPS) is 43.3. The highest BCUT2D eigenvalue weighted by Gasteiger charge is 2.51. The highest BCUT2D eigenvalue weighted by atomic mass is 15.2. The number of nitrogens with one attached hydrogen (secondary N) is 1. The molecule has 0 aromatic rings. The molecular formula is C15H27N3. The third-order valence-electron chi connectivity index (χ3n) is 4.87. The van der Waals surface area contributed by atoms with E-state index in [0.29, 0.717) is 5.96 Å². The van der Waals surface area contributed by atoms with E-state index in [1.54, 1.807) is 0 Å². The molecular weight excluding hydrogens is 222 g/mol. The second-order valence-corrected chi connectivity index (χ2v) is 8.01. The summed E-state index contributed by atoms with van der Waals surface area (Å²) in [6.07, 6.45) is 8.23. The van der Waals surface area contributed by atoms with Crippen molar-refractivity contribution >= 4 is 5.96 Å². The minimum absolute atomic E-state index is 0.00980. The summed E-state index contributed by atoms with van der Waals surface area (Å²) < 4.78 is 0. The average Bonchev–Trinajstić information content (AvgIpc) is 2.09. The van der Waals surface area contributed by atoms with E-state index in [-0.39, 0.29) is 11.1 Å². The second kappa shape index (κ2) is 3.88. The monoisotopic (exact) mass is 249 g/mol. The van der Waals surface area contributed by atoms with Crippen LogP contribution in [0, 0.1) is 17.8 Å². The summed E-state index contributed by atoms with van der Waals surface area (Å²) in [4.78, 5) is 4.94. The number of hydrogen-bond acceptors (Lipinski definition) is 1. The Morgan fingerprint density at radius 3 is 1.89 bits per heavy atom. The lowest BCUT2D eigenvalue weighted by atomic mass is 9.53. The molecule has 0 atom stereocenters. The van der Waals surface area contributed by atoms with Gasteiger partial charge in [0.05, 0.1) is 5.54 Å². The van der Waals surface area contributed by atoms with Gasteiger partial charge in [0.1, 0.15) is 0 Å². The van der Waals surface area contributed by atoms with E-state index in [1.807, 2.05) is 0 Å². The minimum Gasteiger partial charge on any atom is -0.370 e. The lowest BCUT2D eigenvalue weighted by Gasteiger charge is -2.55. The molecule has 4 fully saturated rings. The fourth-order valence-corrected chi connectivity index (χ4v) is 4.87. The van der Waals surface area contributed by atoms with Gasteiger partial charge in [0.25, 0.3) is 0 Å². The summed E-state index contributed by atoms with van der Waals surface area (Å²) in [7, 11) is 0. The first-order chi connectivity index (χ1) is 8.34. The molecule has 0 saturated heterocycles. The van der Waals surface area contributed by atoms with Crippen LogP contribution in [0.15, 0.2) is 4.99 Å². The Bertz CT molecular complexity index is 329. The molecule has 3 nitrogen and oxygen atoms in total. The molecule has 0 heterocycles. The summed E-state index contributed by atoms with van der Waals surface area (Å²) in [6, 6.07) is 0. The molecule has 18 heavy (non-hydrogen) atoms. The molecule has 4 saturated carbocycles. The maximum absolute atomic E-state index is 6.12. The number of nitrogens with two attached hydrogens (primary N) is 1. The Labute approximate surface area is 111 Å². The molecule has 0 aromatic heterocycles. The summed E-state index contributed by atoms with van der Waals surface area (Å²) in [5, 5.41) is 3.32. The van der Waals surface area contributed by atoms with Gasteiger partial charge < -0.3 is 11.1 Å². The van der Waals surface area contributed by atoms with E-state index in [9.17, 15) is 0 Å². The topological polar surface area (TPSA) is 50.4 Å². The summed E-state index contributed by atoms with van der Waals surface area (Å²) in [5.74, 6) is 3.46. The molecule has 3 heteroatoms. The van der Waals surface area contributed by atoms with Gasteiger partial charge in [0.15, 0.2) is 5.96 Å². The lowest BCUT2D eigenvalue weighted by molar-refractivity contribution is 0.00141. The van der Waals surface area contributed by atoms with Gasteiger partial charge in [-0.2, -0.15) is 0 Å². The van der Waals surface area contributed by atoms with Crippen molar-refractivity contribution in [2.75, 3.05) is 0 Å². The van der Waals surface area contributed by atoms with Crippen molar-refractivity contribution in [2.45, 2.75) is 70.4 Å². The van der Waals surface area contributed by atoms with E-state index >= 15 is 0 Å². The molecule has 4 rings (SSSR count). The largest absolute Gasteiger partial charge is 0.370 e. The van der Waals surface area contributed by atoms with Gasteiger partial charge in [-0.25, -0.2) is 4.99 Å². The molecule has 3 N–H and O–H groups in total. The van der Waals surface area contributed by atoms with Gasteiger partial charge in [0, 0.05) is 5.54 Å². The van der Waals surface area contributed by atoms with Crippen molar-refractivity contribution in [1.82, 2.24) is 5.32 Å².